The fourth-order valence-electron chi connectivity index (χ4n) is 1.74. The van der Waals surface area contributed by atoms with Crippen LogP contribution in [0.25, 0.3) is 10.2 Å². The average Bonchev–Trinajstić information content (AvgIpc) is 2.96. The molecule has 7 heteroatoms. The zero-order chi connectivity index (χ0) is 11.9. The van der Waals surface area contributed by atoms with Gasteiger partial charge in [0.15, 0.2) is 0 Å². The molecule has 2 aromatic rings. The monoisotopic (exact) mass is 251 g/mol. The summed E-state index contributed by atoms with van der Waals surface area (Å²) in [6.45, 7) is 0.119. The largest absolute Gasteiger partial charge is 0.394 e. The second-order valence-corrected chi connectivity index (χ2v) is 5.14. The van der Waals surface area contributed by atoms with Gasteiger partial charge in [-0.05, 0) is 24.3 Å². The molecule has 2 heterocycles. The number of hydrogen-bond donors (Lipinski definition) is 4. The third-order valence-corrected chi connectivity index (χ3v) is 3.80. The zero-order valence-corrected chi connectivity index (χ0v) is 9.92. The van der Waals surface area contributed by atoms with Gasteiger partial charge in [0.25, 0.3) is 0 Å². The molecule has 0 amide bonds. The Hall–Kier alpha value is -1.44. The van der Waals surface area contributed by atoms with Gasteiger partial charge in [-0.3, -0.25) is 5.43 Å². The molecule has 0 atom stereocenters. The molecule has 0 radical (unpaired) electrons. The lowest BCUT2D eigenvalue weighted by atomic mass is 10.2. The molecule has 0 saturated heterocycles. The van der Waals surface area contributed by atoms with Crippen molar-refractivity contribution in [3.05, 3.63) is 11.4 Å². The van der Waals surface area contributed by atoms with Crippen molar-refractivity contribution in [1.29, 1.82) is 0 Å². The van der Waals surface area contributed by atoms with E-state index in [0.29, 0.717) is 5.95 Å². The summed E-state index contributed by atoms with van der Waals surface area (Å²) in [6, 6.07) is 1.97. The van der Waals surface area contributed by atoms with Gasteiger partial charge in [-0.25, -0.2) is 10.8 Å². The van der Waals surface area contributed by atoms with E-state index in [1.54, 1.807) is 0 Å². The quantitative estimate of drug-likeness (QED) is 0.476. The number of nitrogens with zero attached hydrogens (tertiary/aromatic N) is 2. The standard InChI is InChI=1S/C10H13N5OS/c11-15-9-12-7(14-10(5-16)2-3-10)6-1-4-17-8(6)13-9/h1,4,16H,2-3,5,11H2,(H2,12,13,14,15). The zero-order valence-electron chi connectivity index (χ0n) is 9.10. The van der Waals surface area contributed by atoms with Gasteiger partial charge in [0.2, 0.25) is 5.95 Å². The summed E-state index contributed by atoms with van der Waals surface area (Å²) in [5.41, 5.74) is 2.26. The summed E-state index contributed by atoms with van der Waals surface area (Å²) in [4.78, 5) is 9.44. The van der Waals surface area contributed by atoms with Crippen LogP contribution in [0.15, 0.2) is 11.4 Å². The summed E-state index contributed by atoms with van der Waals surface area (Å²) in [5, 5.41) is 15.5. The van der Waals surface area contributed by atoms with Crippen molar-refractivity contribution >= 4 is 33.3 Å². The van der Waals surface area contributed by atoms with Crippen LogP contribution in [-0.2, 0) is 0 Å². The molecule has 6 nitrogen and oxygen atoms in total. The van der Waals surface area contributed by atoms with Crippen LogP contribution >= 0.6 is 11.3 Å². The Bertz CT molecular complexity index is 551. The number of aliphatic hydroxyl groups excluding tert-OH is 1. The Morgan fingerprint density at radius 1 is 1.47 bits per heavy atom. The molecule has 0 aromatic carbocycles. The molecule has 17 heavy (non-hydrogen) atoms. The second-order valence-electron chi connectivity index (χ2n) is 4.24. The summed E-state index contributed by atoms with van der Waals surface area (Å²) in [6.07, 6.45) is 1.93. The van der Waals surface area contributed by atoms with Gasteiger partial charge in [-0.2, -0.15) is 4.98 Å². The van der Waals surface area contributed by atoms with E-state index in [2.05, 4.69) is 20.7 Å². The van der Waals surface area contributed by atoms with Crippen LogP contribution < -0.4 is 16.6 Å². The van der Waals surface area contributed by atoms with Crippen molar-refractivity contribution in [3.8, 4) is 0 Å². The number of nitrogens with two attached hydrogens (primary N) is 1. The fraction of sp³-hybridized carbons (Fsp3) is 0.400. The molecule has 0 unspecified atom stereocenters. The summed E-state index contributed by atoms with van der Waals surface area (Å²) < 4.78 is 0. The van der Waals surface area contributed by atoms with Crippen LogP contribution in [-0.4, -0.2) is 27.2 Å². The molecular formula is C10H13N5OS. The summed E-state index contributed by atoms with van der Waals surface area (Å²) >= 11 is 1.54. The van der Waals surface area contributed by atoms with Crippen molar-refractivity contribution in [1.82, 2.24) is 9.97 Å². The van der Waals surface area contributed by atoms with E-state index in [-0.39, 0.29) is 12.1 Å². The van der Waals surface area contributed by atoms with Crippen molar-refractivity contribution in [3.63, 3.8) is 0 Å². The maximum absolute atomic E-state index is 9.32. The second kappa shape index (κ2) is 3.80. The van der Waals surface area contributed by atoms with Crippen molar-refractivity contribution in [2.24, 2.45) is 5.84 Å². The number of aromatic nitrogens is 2. The SMILES string of the molecule is NNc1nc(NC2(CO)CC2)c2ccsc2n1. The van der Waals surface area contributed by atoms with Crippen LogP contribution in [0.5, 0.6) is 0 Å². The first-order valence-corrected chi connectivity index (χ1v) is 6.25. The van der Waals surface area contributed by atoms with Crippen LogP contribution in [0.4, 0.5) is 11.8 Å². The number of hydrogen-bond acceptors (Lipinski definition) is 7. The smallest absolute Gasteiger partial charge is 0.240 e. The molecule has 1 aliphatic carbocycles. The highest BCUT2D eigenvalue weighted by molar-refractivity contribution is 7.16. The highest BCUT2D eigenvalue weighted by Crippen LogP contribution is 2.39. The number of hydrazine groups is 1. The predicted molar refractivity (Wildman–Crippen MR) is 67.9 cm³/mol. The van der Waals surface area contributed by atoms with Gasteiger partial charge in [-0.15, -0.1) is 11.3 Å². The van der Waals surface area contributed by atoms with Crippen molar-refractivity contribution < 1.29 is 5.11 Å². The number of anilines is 2. The van der Waals surface area contributed by atoms with Crippen LogP contribution in [0.1, 0.15) is 12.8 Å². The highest BCUT2D eigenvalue weighted by atomic mass is 32.1. The number of nitrogens with one attached hydrogen (secondary N) is 2. The van der Waals surface area contributed by atoms with Crippen LogP contribution in [0.3, 0.4) is 0 Å². The van der Waals surface area contributed by atoms with E-state index >= 15 is 0 Å². The molecule has 1 saturated carbocycles. The Labute approximate surface area is 102 Å². The van der Waals surface area contributed by atoms with Gasteiger partial charge < -0.3 is 10.4 Å². The van der Waals surface area contributed by atoms with E-state index in [1.165, 1.54) is 11.3 Å². The Morgan fingerprint density at radius 3 is 2.94 bits per heavy atom. The lowest BCUT2D eigenvalue weighted by molar-refractivity contribution is 0.266. The Morgan fingerprint density at radius 2 is 2.29 bits per heavy atom. The van der Waals surface area contributed by atoms with E-state index in [1.807, 2.05) is 11.4 Å². The number of rotatable bonds is 4. The van der Waals surface area contributed by atoms with E-state index in [4.69, 9.17) is 5.84 Å². The van der Waals surface area contributed by atoms with Crippen molar-refractivity contribution in [2.75, 3.05) is 17.3 Å². The van der Waals surface area contributed by atoms with E-state index < -0.39 is 0 Å². The number of fused-ring (bicyclic) bond motifs is 1. The van der Waals surface area contributed by atoms with Crippen molar-refractivity contribution in [2.45, 2.75) is 18.4 Å². The maximum Gasteiger partial charge on any atom is 0.240 e. The van der Waals surface area contributed by atoms with Gasteiger partial charge in [0.1, 0.15) is 10.6 Å². The minimum Gasteiger partial charge on any atom is -0.394 e. The summed E-state index contributed by atoms with van der Waals surface area (Å²) in [7, 11) is 0. The molecule has 90 valence electrons. The molecule has 1 fully saturated rings. The minimum atomic E-state index is -0.199. The maximum atomic E-state index is 9.32. The first kappa shape index (κ1) is 10.7. The fourth-order valence-corrected chi connectivity index (χ4v) is 2.50. The molecule has 5 N–H and O–H groups in total. The Balaban J connectivity index is 2.04. The molecular weight excluding hydrogens is 238 g/mol. The first-order chi connectivity index (χ1) is 8.26. The topological polar surface area (TPSA) is 96.1 Å². The third kappa shape index (κ3) is 1.82. The van der Waals surface area contributed by atoms with E-state index in [9.17, 15) is 5.11 Å². The average molecular weight is 251 g/mol. The number of thiophene rings is 1. The Kier molecular flexibility index (Phi) is 2.39. The van der Waals surface area contributed by atoms with Gasteiger partial charge in [0.05, 0.1) is 17.5 Å². The molecule has 0 spiro atoms. The first-order valence-electron chi connectivity index (χ1n) is 5.37. The van der Waals surface area contributed by atoms with Crippen LogP contribution in [0.2, 0.25) is 0 Å². The molecule has 1 aliphatic rings. The molecule has 3 rings (SSSR count). The minimum absolute atomic E-state index is 0.119. The lowest BCUT2D eigenvalue weighted by Crippen LogP contribution is -2.26. The highest BCUT2D eigenvalue weighted by Gasteiger charge is 2.42. The molecule has 0 bridgehead atoms. The van der Waals surface area contributed by atoms with Gasteiger partial charge in [-0.1, -0.05) is 0 Å². The molecule has 2 aromatic heterocycles. The number of aliphatic hydroxyl groups is 1. The van der Waals surface area contributed by atoms with Gasteiger partial charge in [0, 0.05) is 0 Å². The van der Waals surface area contributed by atoms with E-state index in [0.717, 1.165) is 28.9 Å². The molecule has 0 aliphatic heterocycles. The number of nitrogen functional groups attached to an aromatic ring is 1. The normalized spacial score (nSPS) is 17.1. The third-order valence-electron chi connectivity index (χ3n) is 2.99. The van der Waals surface area contributed by atoms with Gasteiger partial charge >= 0.3 is 0 Å². The lowest BCUT2D eigenvalue weighted by Gasteiger charge is -2.16. The predicted octanol–water partition coefficient (Wildman–Crippen LogP) is 0.914. The van der Waals surface area contributed by atoms with Crippen LogP contribution in [0, 0.1) is 0 Å². The summed E-state index contributed by atoms with van der Waals surface area (Å²) in [5.74, 6) is 6.46.